The largest absolute Gasteiger partial charge is 0.380 e. The lowest BCUT2D eigenvalue weighted by molar-refractivity contribution is 0.185. The number of H-pyrrole nitrogens is 1. The van der Waals surface area contributed by atoms with E-state index in [0.717, 1.165) is 28.2 Å². The number of imidazole rings is 1. The van der Waals surface area contributed by atoms with Crippen LogP contribution in [-0.4, -0.2) is 17.1 Å². The van der Waals surface area contributed by atoms with Crippen LogP contribution < -0.4 is 5.32 Å². The molecule has 1 heterocycles. The molecule has 2 N–H and O–H groups in total. The van der Waals surface area contributed by atoms with Crippen LogP contribution >= 0.6 is 0 Å². The molecule has 0 aliphatic carbocycles. The van der Waals surface area contributed by atoms with Gasteiger partial charge in [-0.1, -0.05) is 24.3 Å². The minimum atomic E-state index is 0.630. The van der Waals surface area contributed by atoms with Gasteiger partial charge in [0.1, 0.15) is 0 Å². The van der Waals surface area contributed by atoms with Crippen molar-refractivity contribution >= 4 is 22.7 Å². The number of nitrogens with zero attached hydrogens (tertiary/aromatic N) is 1. The van der Waals surface area contributed by atoms with Crippen LogP contribution in [0, 0.1) is 0 Å². The minimum absolute atomic E-state index is 0.630. The SMILES string of the molecule is COCc1ccc(Nc2nc3ccccc3[nH]2)cc1. The summed E-state index contributed by atoms with van der Waals surface area (Å²) in [6.45, 7) is 0.630. The van der Waals surface area contributed by atoms with Crippen molar-refractivity contribution in [1.29, 1.82) is 0 Å². The van der Waals surface area contributed by atoms with Crippen LogP contribution in [0.15, 0.2) is 48.5 Å². The van der Waals surface area contributed by atoms with Gasteiger partial charge in [0.2, 0.25) is 5.95 Å². The minimum Gasteiger partial charge on any atom is -0.380 e. The highest BCUT2D eigenvalue weighted by Crippen LogP contribution is 2.18. The van der Waals surface area contributed by atoms with E-state index in [1.165, 1.54) is 0 Å². The van der Waals surface area contributed by atoms with Crippen molar-refractivity contribution in [3.8, 4) is 0 Å². The van der Waals surface area contributed by atoms with Gasteiger partial charge in [-0.2, -0.15) is 0 Å². The van der Waals surface area contributed by atoms with Crippen LogP contribution in [0.2, 0.25) is 0 Å². The number of aromatic nitrogens is 2. The molecule has 19 heavy (non-hydrogen) atoms. The first-order valence-corrected chi connectivity index (χ1v) is 6.15. The maximum Gasteiger partial charge on any atom is 0.205 e. The van der Waals surface area contributed by atoms with E-state index < -0.39 is 0 Å². The molecule has 0 unspecified atom stereocenters. The lowest BCUT2D eigenvalue weighted by atomic mass is 10.2. The van der Waals surface area contributed by atoms with Gasteiger partial charge in [-0.3, -0.25) is 0 Å². The number of hydrogen-bond acceptors (Lipinski definition) is 3. The van der Waals surface area contributed by atoms with Crippen molar-refractivity contribution in [3.63, 3.8) is 0 Å². The summed E-state index contributed by atoms with van der Waals surface area (Å²) in [6, 6.07) is 16.1. The topological polar surface area (TPSA) is 49.9 Å². The highest BCUT2D eigenvalue weighted by molar-refractivity contribution is 5.78. The van der Waals surface area contributed by atoms with E-state index in [1.807, 2.05) is 48.5 Å². The molecule has 2 aromatic carbocycles. The maximum absolute atomic E-state index is 5.09. The van der Waals surface area contributed by atoms with Crippen LogP contribution in [0.4, 0.5) is 11.6 Å². The first-order chi connectivity index (χ1) is 9.35. The molecule has 0 spiro atoms. The van der Waals surface area contributed by atoms with Crippen LogP contribution in [0.5, 0.6) is 0 Å². The zero-order valence-corrected chi connectivity index (χ0v) is 10.7. The lowest BCUT2D eigenvalue weighted by Gasteiger charge is -2.04. The number of anilines is 2. The van der Waals surface area contributed by atoms with Crippen molar-refractivity contribution in [2.75, 3.05) is 12.4 Å². The number of para-hydroxylation sites is 2. The van der Waals surface area contributed by atoms with Crippen LogP contribution in [-0.2, 0) is 11.3 Å². The zero-order valence-electron chi connectivity index (χ0n) is 10.7. The van der Waals surface area contributed by atoms with Crippen molar-refractivity contribution in [2.24, 2.45) is 0 Å². The van der Waals surface area contributed by atoms with Crippen molar-refractivity contribution in [1.82, 2.24) is 9.97 Å². The highest BCUT2D eigenvalue weighted by Gasteiger charge is 2.02. The summed E-state index contributed by atoms with van der Waals surface area (Å²) in [5.74, 6) is 0.751. The second-order valence-corrected chi connectivity index (χ2v) is 4.36. The molecule has 4 nitrogen and oxygen atoms in total. The van der Waals surface area contributed by atoms with Gasteiger partial charge in [-0.15, -0.1) is 0 Å². The number of methoxy groups -OCH3 is 1. The third-order valence-corrected chi connectivity index (χ3v) is 2.92. The van der Waals surface area contributed by atoms with Gasteiger partial charge in [0.05, 0.1) is 17.6 Å². The van der Waals surface area contributed by atoms with E-state index in [1.54, 1.807) is 7.11 Å². The van der Waals surface area contributed by atoms with Gasteiger partial charge < -0.3 is 15.0 Å². The van der Waals surface area contributed by atoms with Crippen molar-refractivity contribution < 1.29 is 4.74 Å². The van der Waals surface area contributed by atoms with Gasteiger partial charge >= 0.3 is 0 Å². The molecule has 0 fully saturated rings. The van der Waals surface area contributed by atoms with E-state index in [9.17, 15) is 0 Å². The quantitative estimate of drug-likeness (QED) is 0.748. The number of hydrogen-bond donors (Lipinski definition) is 2. The Labute approximate surface area is 111 Å². The van der Waals surface area contributed by atoms with Gasteiger partial charge in [0.25, 0.3) is 0 Å². The molecule has 0 radical (unpaired) electrons. The fourth-order valence-electron chi connectivity index (χ4n) is 2.00. The summed E-state index contributed by atoms with van der Waals surface area (Å²) in [6.07, 6.45) is 0. The molecule has 0 aliphatic rings. The predicted molar refractivity (Wildman–Crippen MR) is 76.5 cm³/mol. The summed E-state index contributed by atoms with van der Waals surface area (Å²) >= 11 is 0. The molecule has 3 rings (SSSR count). The Morgan fingerprint density at radius 2 is 1.89 bits per heavy atom. The summed E-state index contributed by atoms with van der Waals surface area (Å²) in [4.78, 5) is 7.71. The standard InChI is InChI=1S/C15H15N3O/c1-19-10-11-6-8-12(9-7-11)16-15-17-13-4-2-3-5-14(13)18-15/h2-9H,10H2,1H3,(H2,16,17,18). The van der Waals surface area contributed by atoms with E-state index in [0.29, 0.717) is 6.61 Å². The first-order valence-electron chi connectivity index (χ1n) is 6.15. The average molecular weight is 253 g/mol. The van der Waals surface area contributed by atoms with Crippen LogP contribution in [0.25, 0.3) is 11.0 Å². The maximum atomic E-state index is 5.09. The van der Waals surface area contributed by atoms with E-state index in [4.69, 9.17) is 4.74 Å². The summed E-state index contributed by atoms with van der Waals surface area (Å²) in [7, 11) is 1.70. The number of benzene rings is 2. The van der Waals surface area contributed by atoms with Gasteiger partial charge in [-0.25, -0.2) is 4.98 Å². The molecular weight excluding hydrogens is 238 g/mol. The third kappa shape index (κ3) is 2.58. The average Bonchev–Trinajstić information content (AvgIpc) is 2.83. The van der Waals surface area contributed by atoms with Crippen molar-refractivity contribution in [2.45, 2.75) is 6.61 Å². The molecule has 0 saturated carbocycles. The Hall–Kier alpha value is -2.33. The molecule has 96 valence electrons. The molecule has 1 aromatic heterocycles. The van der Waals surface area contributed by atoms with Gasteiger partial charge in [0, 0.05) is 12.8 Å². The van der Waals surface area contributed by atoms with Crippen molar-refractivity contribution in [3.05, 3.63) is 54.1 Å². The summed E-state index contributed by atoms with van der Waals surface area (Å²) < 4.78 is 5.09. The third-order valence-electron chi connectivity index (χ3n) is 2.92. The molecule has 0 bridgehead atoms. The molecular formula is C15H15N3O. The van der Waals surface area contributed by atoms with Crippen LogP contribution in [0.3, 0.4) is 0 Å². The monoisotopic (exact) mass is 253 g/mol. The Balaban J connectivity index is 1.80. The Morgan fingerprint density at radius 1 is 1.11 bits per heavy atom. The first kappa shape index (κ1) is 11.7. The lowest BCUT2D eigenvalue weighted by Crippen LogP contribution is -1.93. The number of fused-ring (bicyclic) bond motifs is 1. The number of rotatable bonds is 4. The Morgan fingerprint density at radius 3 is 2.63 bits per heavy atom. The summed E-state index contributed by atoms with van der Waals surface area (Å²) in [5, 5.41) is 3.26. The molecule has 0 amide bonds. The van der Waals surface area contributed by atoms with E-state index in [-0.39, 0.29) is 0 Å². The molecule has 4 heteroatoms. The fraction of sp³-hybridized carbons (Fsp3) is 0.133. The number of aromatic amines is 1. The Kier molecular flexibility index (Phi) is 3.16. The number of nitrogens with one attached hydrogen (secondary N) is 2. The molecule has 3 aromatic rings. The van der Waals surface area contributed by atoms with E-state index in [2.05, 4.69) is 15.3 Å². The molecule has 0 atom stereocenters. The number of ether oxygens (including phenoxy) is 1. The smallest absolute Gasteiger partial charge is 0.205 e. The van der Waals surface area contributed by atoms with Gasteiger partial charge in [-0.05, 0) is 29.8 Å². The molecule has 0 aliphatic heterocycles. The fourth-order valence-corrected chi connectivity index (χ4v) is 2.00. The normalized spacial score (nSPS) is 10.8. The second kappa shape index (κ2) is 5.12. The Bertz CT molecular complexity index is 640. The zero-order chi connectivity index (χ0) is 13.1. The summed E-state index contributed by atoms with van der Waals surface area (Å²) in [5.41, 5.74) is 4.14. The van der Waals surface area contributed by atoms with Crippen LogP contribution in [0.1, 0.15) is 5.56 Å². The van der Waals surface area contributed by atoms with Gasteiger partial charge in [0.15, 0.2) is 0 Å². The van der Waals surface area contributed by atoms with E-state index >= 15 is 0 Å². The highest BCUT2D eigenvalue weighted by atomic mass is 16.5. The predicted octanol–water partition coefficient (Wildman–Crippen LogP) is 3.45. The second-order valence-electron chi connectivity index (χ2n) is 4.36. The molecule has 0 saturated heterocycles.